The fourth-order valence-corrected chi connectivity index (χ4v) is 1.11. The molecule has 0 spiro atoms. The monoisotopic (exact) mass is 190 g/mol. The summed E-state index contributed by atoms with van der Waals surface area (Å²) in [6, 6.07) is 1.63. The van der Waals surface area contributed by atoms with E-state index in [1.54, 1.807) is 18.0 Å². The van der Waals surface area contributed by atoms with Crippen molar-refractivity contribution < 1.29 is 9.90 Å². The summed E-state index contributed by atoms with van der Waals surface area (Å²) in [6.07, 6.45) is 7.98. The van der Waals surface area contributed by atoms with Gasteiger partial charge < -0.3 is 10.0 Å². The molecule has 4 heteroatoms. The van der Waals surface area contributed by atoms with Crippen LogP contribution in [0.4, 0.5) is 5.69 Å². The fraction of sp³-hybridized carbons (Fsp3) is 0.200. The summed E-state index contributed by atoms with van der Waals surface area (Å²) < 4.78 is 0. The van der Waals surface area contributed by atoms with Crippen molar-refractivity contribution in [1.29, 1.82) is 0 Å². The number of anilines is 1. The second-order valence-electron chi connectivity index (χ2n) is 2.76. The number of pyridine rings is 1. The average molecular weight is 190 g/mol. The Morgan fingerprint density at radius 1 is 1.79 bits per heavy atom. The summed E-state index contributed by atoms with van der Waals surface area (Å²) >= 11 is 0. The van der Waals surface area contributed by atoms with Crippen LogP contribution in [-0.2, 0) is 0 Å². The van der Waals surface area contributed by atoms with Gasteiger partial charge in [-0.2, -0.15) is 0 Å². The van der Waals surface area contributed by atoms with E-state index in [0.29, 0.717) is 12.2 Å². The van der Waals surface area contributed by atoms with E-state index in [-0.39, 0.29) is 5.56 Å². The number of aromatic carboxylic acids is 1. The molecule has 0 atom stereocenters. The van der Waals surface area contributed by atoms with Gasteiger partial charge in [-0.3, -0.25) is 4.98 Å². The van der Waals surface area contributed by atoms with Crippen LogP contribution >= 0.6 is 0 Å². The molecule has 1 heterocycles. The average Bonchev–Trinajstić information content (AvgIpc) is 2.18. The van der Waals surface area contributed by atoms with Crippen LogP contribution in [0.3, 0.4) is 0 Å². The molecule has 0 fully saturated rings. The van der Waals surface area contributed by atoms with Gasteiger partial charge in [0.25, 0.3) is 0 Å². The standard InChI is InChI=1S/C10H10N2O2/c1-3-6-12(2)9-4-5-11-7-8(9)10(13)14/h1,4-5,7H,6H2,2H3,(H,13,14). The highest BCUT2D eigenvalue weighted by Gasteiger charge is 2.12. The first kappa shape index (κ1) is 10.1. The van der Waals surface area contributed by atoms with Crippen LogP contribution in [0.1, 0.15) is 10.4 Å². The summed E-state index contributed by atoms with van der Waals surface area (Å²) in [5, 5.41) is 8.86. The molecule has 0 aromatic carbocycles. The molecule has 14 heavy (non-hydrogen) atoms. The normalized spacial score (nSPS) is 9.14. The first-order chi connectivity index (χ1) is 6.66. The molecule has 0 saturated carbocycles. The van der Waals surface area contributed by atoms with Crippen LogP contribution < -0.4 is 4.90 Å². The van der Waals surface area contributed by atoms with Gasteiger partial charge in [0.1, 0.15) is 5.56 Å². The predicted octanol–water partition coefficient (Wildman–Crippen LogP) is 0.849. The van der Waals surface area contributed by atoms with Gasteiger partial charge in [-0.15, -0.1) is 6.42 Å². The molecule has 0 saturated heterocycles. The van der Waals surface area contributed by atoms with Gasteiger partial charge in [-0.25, -0.2) is 4.79 Å². The SMILES string of the molecule is C#CCN(C)c1ccncc1C(=O)O. The van der Waals surface area contributed by atoms with Crippen molar-refractivity contribution in [3.05, 3.63) is 24.0 Å². The minimum Gasteiger partial charge on any atom is -0.478 e. The van der Waals surface area contributed by atoms with E-state index in [2.05, 4.69) is 10.9 Å². The number of terminal acetylenes is 1. The van der Waals surface area contributed by atoms with Crippen LogP contribution in [0.2, 0.25) is 0 Å². The Bertz CT molecular complexity index is 382. The lowest BCUT2D eigenvalue weighted by Crippen LogP contribution is -2.20. The van der Waals surface area contributed by atoms with E-state index in [1.807, 2.05) is 0 Å². The Labute approximate surface area is 82.2 Å². The lowest BCUT2D eigenvalue weighted by atomic mass is 10.2. The van der Waals surface area contributed by atoms with Gasteiger partial charge in [-0.05, 0) is 6.07 Å². The van der Waals surface area contributed by atoms with Crippen molar-refractivity contribution in [2.75, 3.05) is 18.5 Å². The molecular weight excluding hydrogens is 180 g/mol. The summed E-state index contributed by atoms with van der Waals surface area (Å²) in [5.74, 6) is 1.44. The van der Waals surface area contributed by atoms with Gasteiger partial charge in [0.15, 0.2) is 0 Å². The molecule has 0 amide bonds. The van der Waals surface area contributed by atoms with Gasteiger partial charge >= 0.3 is 5.97 Å². The van der Waals surface area contributed by atoms with E-state index in [1.165, 1.54) is 12.4 Å². The third kappa shape index (κ3) is 2.02. The highest BCUT2D eigenvalue weighted by atomic mass is 16.4. The number of rotatable bonds is 3. The predicted molar refractivity (Wildman–Crippen MR) is 53.3 cm³/mol. The highest BCUT2D eigenvalue weighted by molar-refractivity contribution is 5.93. The number of carbonyl (C=O) groups is 1. The zero-order chi connectivity index (χ0) is 10.6. The van der Waals surface area contributed by atoms with Gasteiger partial charge in [0.2, 0.25) is 0 Å². The van der Waals surface area contributed by atoms with Gasteiger partial charge in [0.05, 0.1) is 12.2 Å². The highest BCUT2D eigenvalue weighted by Crippen LogP contribution is 2.17. The second-order valence-corrected chi connectivity index (χ2v) is 2.76. The van der Waals surface area contributed by atoms with Crippen molar-refractivity contribution in [1.82, 2.24) is 4.98 Å². The van der Waals surface area contributed by atoms with Crippen molar-refractivity contribution in [2.45, 2.75) is 0 Å². The van der Waals surface area contributed by atoms with Crippen LogP contribution in [0, 0.1) is 12.3 Å². The quantitative estimate of drug-likeness (QED) is 0.718. The number of carboxylic acid groups (broad SMARTS) is 1. The Morgan fingerprint density at radius 3 is 3.07 bits per heavy atom. The molecule has 0 aliphatic heterocycles. The van der Waals surface area contributed by atoms with Crippen molar-refractivity contribution in [2.24, 2.45) is 0 Å². The molecule has 0 bridgehead atoms. The summed E-state index contributed by atoms with van der Waals surface area (Å²) in [7, 11) is 1.74. The minimum absolute atomic E-state index is 0.158. The fourth-order valence-electron chi connectivity index (χ4n) is 1.11. The van der Waals surface area contributed by atoms with Crippen molar-refractivity contribution in [3.8, 4) is 12.3 Å². The molecule has 4 nitrogen and oxygen atoms in total. The van der Waals surface area contributed by atoms with E-state index in [0.717, 1.165) is 0 Å². The zero-order valence-corrected chi connectivity index (χ0v) is 7.77. The number of hydrogen-bond donors (Lipinski definition) is 1. The lowest BCUT2D eigenvalue weighted by Gasteiger charge is -2.17. The third-order valence-electron chi connectivity index (χ3n) is 1.77. The second kappa shape index (κ2) is 4.28. The van der Waals surface area contributed by atoms with Crippen LogP contribution in [0.15, 0.2) is 18.5 Å². The minimum atomic E-state index is -1.00. The lowest BCUT2D eigenvalue weighted by molar-refractivity contribution is 0.0697. The van der Waals surface area contributed by atoms with Crippen molar-refractivity contribution >= 4 is 11.7 Å². The molecule has 0 radical (unpaired) electrons. The number of carboxylic acids is 1. The number of hydrogen-bond acceptors (Lipinski definition) is 3. The summed E-state index contributed by atoms with van der Waals surface area (Å²) in [5.41, 5.74) is 0.732. The maximum Gasteiger partial charge on any atom is 0.339 e. The molecule has 1 aromatic heterocycles. The molecule has 1 N–H and O–H groups in total. The Hall–Kier alpha value is -2.02. The summed E-state index contributed by atoms with van der Waals surface area (Å²) in [6.45, 7) is 0.365. The molecule has 0 aliphatic rings. The molecule has 0 unspecified atom stereocenters. The number of nitrogens with zero attached hydrogens (tertiary/aromatic N) is 2. The molecular formula is C10H10N2O2. The van der Waals surface area contributed by atoms with E-state index >= 15 is 0 Å². The van der Waals surface area contributed by atoms with Crippen LogP contribution in [-0.4, -0.2) is 29.7 Å². The van der Waals surface area contributed by atoms with Gasteiger partial charge in [0, 0.05) is 19.4 Å². The first-order valence-electron chi connectivity index (χ1n) is 3.98. The largest absolute Gasteiger partial charge is 0.478 e. The molecule has 0 aliphatic carbocycles. The Balaban J connectivity index is 3.08. The van der Waals surface area contributed by atoms with E-state index < -0.39 is 5.97 Å². The summed E-state index contributed by atoms with van der Waals surface area (Å²) in [4.78, 5) is 16.2. The van der Waals surface area contributed by atoms with Crippen molar-refractivity contribution in [3.63, 3.8) is 0 Å². The topological polar surface area (TPSA) is 53.4 Å². The maximum absolute atomic E-state index is 10.8. The third-order valence-corrected chi connectivity index (χ3v) is 1.77. The van der Waals surface area contributed by atoms with E-state index in [4.69, 9.17) is 11.5 Å². The molecule has 72 valence electrons. The van der Waals surface area contributed by atoms with E-state index in [9.17, 15) is 4.79 Å². The molecule has 1 rings (SSSR count). The number of aromatic nitrogens is 1. The zero-order valence-electron chi connectivity index (χ0n) is 7.77. The van der Waals surface area contributed by atoms with Crippen LogP contribution in [0.25, 0.3) is 0 Å². The Morgan fingerprint density at radius 2 is 2.50 bits per heavy atom. The Kier molecular flexibility index (Phi) is 3.08. The van der Waals surface area contributed by atoms with Gasteiger partial charge in [-0.1, -0.05) is 5.92 Å². The van der Waals surface area contributed by atoms with Crippen LogP contribution in [0.5, 0.6) is 0 Å². The first-order valence-corrected chi connectivity index (χ1v) is 3.98. The maximum atomic E-state index is 10.8. The smallest absolute Gasteiger partial charge is 0.339 e. The molecule has 1 aromatic rings.